The van der Waals surface area contributed by atoms with E-state index in [1.165, 1.54) is 0 Å². The number of carbonyl (C=O) groups excluding carboxylic acids is 1. The standard InChI is InChI=1S/C8H15N3O2S/c1-13-5-4-9-8(14)11-10-7(12)6-2-3-6/h6H,2-5H2,1H3,(H,10,12)(H2,9,11,14). The van der Waals surface area contributed by atoms with Gasteiger partial charge in [0.1, 0.15) is 0 Å². The predicted molar refractivity (Wildman–Crippen MR) is 56.5 cm³/mol. The summed E-state index contributed by atoms with van der Waals surface area (Å²) in [7, 11) is 1.62. The molecule has 0 aromatic rings. The summed E-state index contributed by atoms with van der Waals surface area (Å²) in [4.78, 5) is 11.2. The van der Waals surface area contributed by atoms with Crippen molar-refractivity contribution in [1.29, 1.82) is 0 Å². The summed E-state index contributed by atoms with van der Waals surface area (Å²) < 4.78 is 4.83. The van der Waals surface area contributed by atoms with Gasteiger partial charge in [-0.2, -0.15) is 0 Å². The zero-order valence-electron chi connectivity index (χ0n) is 8.13. The molecule has 0 unspecified atom stereocenters. The van der Waals surface area contributed by atoms with E-state index < -0.39 is 0 Å². The highest BCUT2D eigenvalue weighted by molar-refractivity contribution is 7.80. The fourth-order valence-corrected chi connectivity index (χ4v) is 1.03. The third-order valence-electron chi connectivity index (χ3n) is 1.84. The van der Waals surface area contributed by atoms with Gasteiger partial charge >= 0.3 is 0 Å². The van der Waals surface area contributed by atoms with Gasteiger partial charge in [-0.3, -0.25) is 15.6 Å². The van der Waals surface area contributed by atoms with Crippen LogP contribution in [-0.2, 0) is 9.53 Å². The Morgan fingerprint density at radius 1 is 1.50 bits per heavy atom. The number of hydrazine groups is 1. The number of nitrogens with one attached hydrogen (secondary N) is 3. The number of methoxy groups -OCH3 is 1. The maximum atomic E-state index is 11.2. The molecule has 0 saturated heterocycles. The lowest BCUT2D eigenvalue weighted by Crippen LogP contribution is -2.47. The summed E-state index contributed by atoms with van der Waals surface area (Å²) in [5, 5.41) is 3.29. The molecule has 1 aliphatic carbocycles. The third-order valence-corrected chi connectivity index (χ3v) is 2.09. The molecule has 14 heavy (non-hydrogen) atoms. The minimum Gasteiger partial charge on any atom is -0.383 e. The van der Waals surface area contributed by atoms with Crippen molar-refractivity contribution in [2.45, 2.75) is 12.8 Å². The smallest absolute Gasteiger partial charge is 0.241 e. The highest BCUT2D eigenvalue weighted by atomic mass is 32.1. The Kier molecular flexibility index (Phi) is 4.61. The van der Waals surface area contributed by atoms with Crippen LogP contribution in [0.4, 0.5) is 0 Å². The molecular formula is C8H15N3O2S. The molecule has 0 aliphatic heterocycles. The molecule has 1 fully saturated rings. The number of amides is 1. The molecule has 0 aromatic heterocycles. The van der Waals surface area contributed by atoms with Crippen LogP contribution < -0.4 is 16.2 Å². The van der Waals surface area contributed by atoms with Gasteiger partial charge in [0.15, 0.2) is 5.11 Å². The molecule has 3 N–H and O–H groups in total. The Hall–Kier alpha value is -0.880. The zero-order chi connectivity index (χ0) is 10.4. The van der Waals surface area contributed by atoms with Crippen molar-refractivity contribution in [3.8, 4) is 0 Å². The van der Waals surface area contributed by atoms with Gasteiger partial charge < -0.3 is 10.1 Å². The van der Waals surface area contributed by atoms with Gasteiger partial charge in [-0.1, -0.05) is 0 Å². The Balaban J connectivity index is 1.99. The fraction of sp³-hybridized carbons (Fsp3) is 0.750. The molecule has 0 heterocycles. The molecule has 80 valence electrons. The summed E-state index contributed by atoms with van der Waals surface area (Å²) in [5.41, 5.74) is 5.17. The van der Waals surface area contributed by atoms with Crippen LogP contribution in [0.25, 0.3) is 0 Å². The molecule has 0 atom stereocenters. The van der Waals surface area contributed by atoms with Crippen LogP contribution in [0.15, 0.2) is 0 Å². The topological polar surface area (TPSA) is 62.4 Å². The first kappa shape index (κ1) is 11.2. The quantitative estimate of drug-likeness (QED) is 0.338. The van der Waals surface area contributed by atoms with Gasteiger partial charge in [-0.15, -0.1) is 0 Å². The fourth-order valence-electron chi connectivity index (χ4n) is 0.877. The van der Waals surface area contributed by atoms with E-state index in [1.54, 1.807) is 7.11 Å². The highest BCUT2D eigenvalue weighted by Crippen LogP contribution is 2.28. The van der Waals surface area contributed by atoms with Crippen molar-refractivity contribution in [2.75, 3.05) is 20.3 Å². The first-order chi connectivity index (χ1) is 6.74. The minimum absolute atomic E-state index is 0.0147. The lowest BCUT2D eigenvalue weighted by atomic mass is 10.4. The van der Waals surface area contributed by atoms with E-state index in [2.05, 4.69) is 16.2 Å². The maximum absolute atomic E-state index is 11.2. The number of ether oxygens (including phenoxy) is 1. The van der Waals surface area contributed by atoms with Crippen LogP contribution in [0.1, 0.15) is 12.8 Å². The van der Waals surface area contributed by atoms with Gasteiger partial charge in [0.25, 0.3) is 0 Å². The number of hydrogen-bond acceptors (Lipinski definition) is 3. The van der Waals surface area contributed by atoms with Gasteiger partial charge in [-0.05, 0) is 25.1 Å². The van der Waals surface area contributed by atoms with E-state index in [-0.39, 0.29) is 11.8 Å². The van der Waals surface area contributed by atoms with Crippen molar-refractivity contribution >= 4 is 23.2 Å². The molecule has 1 aliphatic rings. The van der Waals surface area contributed by atoms with E-state index in [0.717, 1.165) is 12.8 Å². The van der Waals surface area contributed by atoms with E-state index in [9.17, 15) is 4.79 Å². The van der Waals surface area contributed by atoms with Crippen molar-refractivity contribution in [3.63, 3.8) is 0 Å². The monoisotopic (exact) mass is 217 g/mol. The van der Waals surface area contributed by atoms with Gasteiger partial charge in [-0.25, -0.2) is 0 Å². The number of hydrogen-bond donors (Lipinski definition) is 3. The van der Waals surface area contributed by atoms with Crippen LogP contribution in [0.5, 0.6) is 0 Å². The first-order valence-electron chi connectivity index (χ1n) is 4.56. The molecule has 1 rings (SSSR count). The van der Waals surface area contributed by atoms with Gasteiger partial charge in [0.05, 0.1) is 6.61 Å². The number of carbonyl (C=O) groups is 1. The molecule has 0 aromatic carbocycles. The number of thiocarbonyl (C=S) groups is 1. The van der Waals surface area contributed by atoms with E-state index in [4.69, 9.17) is 17.0 Å². The van der Waals surface area contributed by atoms with Crippen LogP contribution in [0.2, 0.25) is 0 Å². The van der Waals surface area contributed by atoms with Crippen molar-refractivity contribution in [1.82, 2.24) is 16.2 Å². The summed E-state index contributed by atoms with van der Waals surface area (Å²) in [6.07, 6.45) is 1.97. The van der Waals surface area contributed by atoms with E-state index in [1.807, 2.05) is 0 Å². The van der Waals surface area contributed by atoms with E-state index >= 15 is 0 Å². The second-order valence-electron chi connectivity index (χ2n) is 3.14. The van der Waals surface area contributed by atoms with Crippen LogP contribution in [0.3, 0.4) is 0 Å². The van der Waals surface area contributed by atoms with Crippen molar-refractivity contribution < 1.29 is 9.53 Å². The average molecular weight is 217 g/mol. The number of rotatable bonds is 4. The Morgan fingerprint density at radius 2 is 2.21 bits per heavy atom. The van der Waals surface area contributed by atoms with Crippen LogP contribution in [-0.4, -0.2) is 31.3 Å². The summed E-state index contributed by atoms with van der Waals surface area (Å²) >= 11 is 4.90. The molecule has 0 bridgehead atoms. The van der Waals surface area contributed by atoms with Crippen molar-refractivity contribution in [3.05, 3.63) is 0 Å². The lowest BCUT2D eigenvalue weighted by molar-refractivity contribution is -0.122. The van der Waals surface area contributed by atoms with Crippen LogP contribution >= 0.6 is 12.2 Å². The summed E-state index contributed by atoms with van der Waals surface area (Å²) in [5.74, 6) is 0.199. The highest BCUT2D eigenvalue weighted by Gasteiger charge is 2.29. The second kappa shape index (κ2) is 5.77. The Labute approximate surface area is 88.5 Å². The summed E-state index contributed by atoms with van der Waals surface area (Å²) in [6, 6.07) is 0. The third kappa shape index (κ3) is 4.38. The Morgan fingerprint density at radius 3 is 2.79 bits per heavy atom. The second-order valence-corrected chi connectivity index (χ2v) is 3.55. The first-order valence-corrected chi connectivity index (χ1v) is 4.97. The molecule has 6 heteroatoms. The van der Waals surface area contributed by atoms with Gasteiger partial charge in [0.2, 0.25) is 5.91 Å². The molecular weight excluding hydrogens is 202 g/mol. The maximum Gasteiger partial charge on any atom is 0.241 e. The van der Waals surface area contributed by atoms with E-state index in [0.29, 0.717) is 18.3 Å². The Bertz CT molecular complexity index is 219. The van der Waals surface area contributed by atoms with Gasteiger partial charge in [0, 0.05) is 19.6 Å². The predicted octanol–water partition coefficient (Wildman–Crippen LogP) is -0.462. The summed E-state index contributed by atoms with van der Waals surface area (Å²) in [6.45, 7) is 1.21. The molecule has 0 spiro atoms. The zero-order valence-corrected chi connectivity index (χ0v) is 8.95. The lowest BCUT2D eigenvalue weighted by Gasteiger charge is -2.10. The average Bonchev–Trinajstić information content (AvgIpc) is 2.98. The minimum atomic E-state index is 0.0147. The molecule has 0 radical (unpaired) electrons. The normalized spacial score (nSPS) is 14.6. The SMILES string of the molecule is COCCNC(=S)NNC(=O)C1CC1. The molecule has 5 nitrogen and oxygen atoms in total. The molecule has 1 saturated carbocycles. The van der Waals surface area contributed by atoms with Crippen LogP contribution in [0, 0.1) is 5.92 Å². The molecule has 1 amide bonds. The largest absolute Gasteiger partial charge is 0.383 e. The van der Waals surface area contributed by atoms with Crippen molar-refractivity contribution in [2.24, 2.45) is 5.92 Å².